The highest BCUT2D eigenvalue weighted by Crippen LogP contribution is 2.15. The van der Waals surface area contributed by atoms with Gasteiger partial charge in [0.25, 0.3) is 0 Å². The first-order chi connectivity index (χ1) is 11.7. The van der Waals surface area contributed by atoms with Gasteiger partial charge in [0.2, 0.25) is 0 Å². The van der Waals surface area contributed by atoms with E-state index in [1.165, 1.54) is 0 Å². The number of unbranched alkanes of at least 4 members (excludes halogenated alkanes) is 3. The Bertz CT molecular complexity index is 645. The first kappa shape index (κ1) is 17.9. The fourth-order valence-corrected chi connectivity index (χ4v) is 2.61. The number of benzene rings is 2. The highest BCUT2D eigenvalue weighted by Gasteiger charge is 2.07. The Morgan fingerprint density at radius 3 is 1.71 bits per heavy atom. The van der Waals surface area contributed by atoms with E-state index >= 15 is 0 Å². The van der Waals surface area contributed by atoms with Gasteiger partial charge in [-0.2, -0.15) is 0 Å². The van der Waals surface area contributed by atoms with Crippen molar-refractivity contribution in [3.05, 3.63) is 65.7 Å². The minimum atomic E-state index is 0.165. The van der Waals surface area contributed by atoms with Gasteiger partial charge in [-0.05, 0) is 37.1 Å². The Hall–Kier alpha value is -2.42. The largest absolute Gasteiger partial charge is 0.497 e. The van der Waals surface area contributed by atoms with Crippen LogP contribution in [-0.2, 0) is 0 Å². The predicted octanol–water partition coefficient (Wildman–Crippen LogP) is 5.10. The molecule has 24 heavy (non-hydrogen) atoms. The number of hydrogen-bond donors (Lipinski definition) is 0. The molecule has 0 saturated carbocycles. The Kier molecular flexibility index (Phi) is 7.21. The average molecular weight is 324 g/mol. The van der Waals surface area contributed by atoms with E-state index in [1.54, 1.807) is 19.2 Å². The number of ketones is 2. The first-order valence-electron chi connectivity index (χ1n) is 8.46. The van der Waals surface area contributed by atoms with Gasteiger partial charge in [-0.1, -0.05) is 43.2 Å². The fourth-order valence-electron chi connectivity index (χ4n) is 2.61. The quantitative estimate of drug-likeness (QED) is 0.451. The molecule has 0 atom stereocenters. The van der Waals surface area contributed by atoms with Crippen LogP contribution in [0, 0.1) is 0 Å². The molecule has 2 aromatic carbocycles. The minimum Gasteiger partial charge on any atom is -0.497 e. The van der Waals surface area contributed by atoms with Crippen LogP contribution < -0.4 is 4.74 Å². The van der Waals surface area contributed by atoms with E-state index in [9.17, 15) is 9.59 Å². The lowest BCUT2D eigenvalue weighted by Crippen LogP contribution is -2.00. The summed E-state index contributed by atoms with van der Waals surface area (Å²) in [4.78, 5) is 24.0. The third kappa shape index (κ3) is 5.65. The van der Waals surface area contributed by atoms with Crippen molar-refractivity contribution in [1.29, 1.82) is 0 Å². The number of hydrogen-bond acceptors (Lipinski definition) is 3. The molecule has 0 aromatic heterocycles. The summed E-state index contributed by atoms with van der Waals surface area (Å²) >= 11 is 0. The zero-order valence-electron chi connectivity index (χ0n) is 14.2. The molecule has 0 radical (unpaired) electrons. The number of methoxy groups -OCH3 is 1. The minimum absolute atomic E-state index is 0.165. The molecule has 0 N–H and O–H groups in total. The maximum Gasteiger partial charge on any atom is 0.162 e. The van der Waals surface area contributed by atoms with Crippen molar-refractivity contribution >= 4 is 11.6 Å². The Balaban J connectivity index is 1.60. The molecular weight excluding hydrogens is 300 g/mol. The van der Waals surface area contributed by atoms with Crippen molar-refractivity contribution in [2.45, 2.75) is 38.5 Å². The molecule has 126 valence electrons. The maximum absolute atomic E-state index is 12.1. The number of carbonyl (C=O) groups excluding carboxylic acids is 2. The smallest absolute Gasteiger partial charge is 0.162 e. The predicted molar refractivity (Wildman–Crippen MR) is 95.8 cm³/mol. The van der Waals surface area contributed by atoms with Crippen LogP contribution in [0.1, 0.15) is 59.2 Å². The molecular formula is C21H24O3. The van der Waals surface area contributed by atoms with Gasteiger partial charge in [0.1, 0.15) is 5.75 Å². The number of rotatable bonds is 10. The van der Waals surface area contributed by atoms with Gasteiger partial charge in [0, 0.05) is 24.0 Å². The molecule has 0 heterocycles. The van der Waals surface area contributed by atoms with Gasteiger partial charge >= 0.3 is 0 Å². The summed E-state index contributed by atoms with van der Waals surface area (Å²) < 4.78 is 5.09. The van der Waals surface area contributed by atoms with Crippen LogP contribution in [0.25, 0.3) is 0 Å². The first-order valence-corrected chi connectivity index (χ1v) is 8.46. The van der Waals surface area contributed by atoms with E-state index in [1.807, 2.05) is 42.5 Å². The van der Waals surface area contributed by atoms with Crippen LogP contribution in [-0.4, -0.2) is 18.7 Å². The standard InChI is InChI=1S/C21H24O3/c1-24-19-15-13-18(14-16-19)21(23)12-8-3-2-7-11-20(22)17-9-5-4-6-10-17/h4-6,9-10,13-16H,2-3,7-8,11-12H2,1H3. The molecule has 2 aromatic rings. The molecule has 0 aliphatic rings. The lowest BCUT2D eigenvalue weighted by molar-refractivity contribution is 0.0966. The van der Waals surface area contributed by atoms with Crippen molar-refractivity contribution in [3.8, 4) is 5.75 Å². The van der Waals surface area contributed by atoms with Gasteiger partial charge in [0.15, 0.2) is 11.6 Å². The molecule has 2 rings (SSSR count). The van der Waals surface area contributed by atoms with Crippen LogP contribution in [0.2, 0.25) is 0 Å². The zero-order chi connectivity index (χ0) is 17.2. The molecule has 0 aliphatic carbocycles. The van der Waals surface area contributed by atoms with E-state index in [-0.39, 0.29) is 11.6 Å². The molecule has 0 bridgehead atoms. The van der Waals surface area contributed by atoms with Crippen molar-refractivity contribution in [3.63, 3.8) is 0 Å². The van der Waals surface area contributed by atoms with E-state index in [0.29, 0.717) is 12.8 Å². The molecule has 0 spiro atoms. The third-order valence-electron chi connectivity index (χ3n) is 4.07. The number of Topliss-reactive ketones (excluding diaryl/α,β-unsaturated/α-hetero) is 2. The van der Waals surface area contributed by atoms with Crippen molar-refractivity contribution in [2.24, 2.45) is 0 Å². The fraction of sp³-hybridized carbons (Fsp3) is 0.333. The summed E-state index contributed by atoms with van der Waals surface area (Å²) in [5.74, 6) is 1.12. The Labute approximate surface area is 143 Å². The van der Waals surface area contributed by atoms with Crippen molar-refractivity contribution in [1.82, 2.24) is 0 Å². The molecule has 0 fully saturated rings. The second kappa shape index (κ2) is 9.66. The average Bonchev–Trinajstić information content (AvgIpc) is 2.65. The topological polar surface area (TPSA) is 43.4 Å². The summed E-state index contributed by atoms with van der Waals surface area (Å²) in [6, 6.07) is 16.6. The maximum atomic E-state index is 12.1. The highest BCUT2D eigenvalue weighted by atomic mass is 16.5. The molecule has 3 heteroatoms. The molecule has 3 nitrogen and oxygen atoms in total. The molecule has 0 unspecified atom stereocenters. The van der Waals surface area contributed by atoms with Gasteiger partial charge in [-0.25, -0.2) is 0 Å². The Morgan fingerprint density at radius 2 is 1.21 bits per heavy atom. The van der Waals surface area contributed by atoms with Crippen LogP contribution in [0.15, 0.2) is 54.6 Å². The summed E-state index contributed by atoms with van der Waals surface area (Å²) in [6.45, 7) is 0. The molecule has 0 saturated heterocycles. The summed E-state index contributed by atoms with van der Waals surface area (Å²) in [6.07, 6.45) is 4.84. The third-order valence-corrected chi connectivity index (χ3v) is 4.07. The van der Waals surface area contributed by atoms with Crippen molar-refractivity contribution in [2.75, 3.05) is 7.11 Å². The SMILES string of the molecule is COc1ccc(C(=O)CCCCCCC(=O)c2ccccc2)cc1. The van der Waals surface area contributed by atoms with Crippen LogP contribution in [0.3, 0.4) is 0 Å². The van der Waals surface area contributed by atoms with Gasteiger partial charge in [-0.3, -0.25) is 9.59 Å². The summed E-state index contributed by atoms with van der Waals surface area (Å²) in [5, 5.41) is 0. The highest BCUT2D eigenvalue weighted by molar-refractivity contribution is 5.96. The van der Waals surface area contributed by atoms with Gasteiger partial charge in [-0.15, -0.1) is 0 Å². The summed E-state index contributed by atoms with van der Waals surface area (Å²) in [5.41, 5.74) is 1.52. The van der Waals surface area contributed by atoms with Crippen molar-refractivity contribution < 1.29 is 14.3 Å². The lowest BCUT2D eigenvalue weighted by Gasteiger charge is -2.04. The van der Waals surface area contributed by atoms with Gasteiger partial charge in [0.05, 0.1) is 7.11 Å². The van der Waals surface area contributed by atoms with E-state index < -0.39 is 0 Å². The van der Waals surface area contributed by atoms with E-state index in [4.69, 9.17) is 4.74 Å². The molecule has 0 amide bonds. The monoisotopic (exact) mass is 324 g/mol. The van der Waals surface area contributed by atoms with Crippen LogP contribution >= 0.6 is 0 Å². The summed E-state index contributed by atoms with van der Waals surface area (Å²) in [7, 11) is 1.61. The Morgan fingerprint density at radius 1 is 0.708 bits per heavy atom. The normalized spacial score (nSPS) is 10.4. The van der Waals surface area contributed by atoms with Crippen LogP contribution in [0.5, 0.6) is 5.75 Å². The lowest BCUT2D eigenvalue weighted by atomic mass is 10.0. The second-order valence-electron chi connectivity index (χ2n) is 5.86. The second-order valence-corrected chi connectivity index (χ2v) is 5.86. The van der Waals surface area contributed by atoms with E-state index in [2.05, 4.69) is 0 Å². The van der Waals surface area contributed by atoms with Gasteiger partial charge < -0.3 is 4.74 Å². The van der Waals surface area contributed by atoms with Crippen LogP contribution in [0.4, 0.5) is 0 Å². The number of ether oxygens (including phenoxy) is 1. The molecule has 0 aliphatic heterocycles. The van der Waals surface area contributed by atoms with E-state index in [0.717, 1.165) is 42.6 Å². The zero-order valence-corrected chi connectivity index (χ0v) is 14.2. The number of carbonyl (C=O) groups is 2.